The van der Waals surface area contributed by atoms with Crippen LogP contribution in [0.5, 0.6) is 0 Å². The second kappa shape index (κ2) is 6.74. The predicted molar refractivity (Wildman–Crippen MR) is 78.9 cm³/mol. The van der Waals surface area contributed by atoms with E-state index in [1.54, 1.807) is 0 Å². The largest absolute Gasteiger partial charge is 0.339 e. The molecule has 0 aromatic rings. The van der Waals surface area contributed by atoms with Gasteiger partial charge in [0.1, 0.15) is 0 Å². The van der Waals surface area contributed by atoms with Crippen LogP contribution in [0.4, 0.5) is 0 Å². The Bertz CT molecular complexity index is 305. The molecule has 0 aromatic heterocycles. The molecular weight excluding hydrogens is 236 g/mol. The predicted octanol–water partition coefficient (Wildman–Crippen LogP) is 2.66. The lowest BCUT2D eigenvalue weighted by molar-refractivity contribution is -0.142. The van der Waals surface area contributed by atoms with E-state index >= 15 is 0 Å². The van der Waals surface area contributed by atoms with Crippen LogP contribution in [0.15, 0.2) is 0 Å². The average molecular weight is 266 g/mol. The summed E-state index contributed by atoms with van der Waals surface area (Å²) in [6.07, 6.45) is 6.42. The number of fused-ring (bicyclic) bond motifs is 1. The first kappa shape index (κ1) is 14.8. The van der Waals surface area contributed by atoms with E-state index in [9.17, 15) is 4.79 Å². The van der Waals surface area contributed by atoms with Gasteiger partial charge in [-0.25, -0.2) is 0 Å². The van der Waals surface area contributed by atoms with E-state index in [4.69, 9.17) is 0 Å². The summed E-state index contributed by atoms with van der Waals surface area (Å²) in [5.41, 5.74) is 0. The van der Waals surface area contributed by atoms with E-state index in [0.717, 1.165) is 31.5 Å². The number of amides is 1. The normalized spacial score (nSPS) is 32.8. The summed E-state index contributed by atoms with van der Waals surface area (Å²) in [5, 5.41) is 3.30. The highest BCUT2D eigenvalue weighted by Gasteiger charge is 2.40. The standard InChI is InChI=1S/C16H30N2O/c1-4-17-11-13(3)16(19)18-10-9-12(2)14-7-5-6-8-15(14)18/h12-15,17H,4-11H2,1-3H3. The van der Waals surface area contributed by atoms with Crippen LogP contribution in [-0.4, -0.2) is 36.5 Å². The van der Waals surface area contributed by atoms with E-state index in [1.807, 2.05) is 0 Å². The van der Waals surface area contributed by atoms with Gasteiger partial charge in [-0.3, -0.25) is 4.79 Å². The molecule has 0 radical (unpaired) electrons. The average Bonchev–Trinajstić information content (AvgIpc) is 2.45. The number of rotatable bonds is 4. The van der Waals surface area contributed by atoms with Gasteiger partial charge in [0.25, 0.3) is 0 Å². The van der Waals surface area contributed by atoms with Crippen molar-refractivity contribution in [2.24, 2.45) is 17.8 Å². The maximum absolute atomic E-state index is 12.7. The zero-order chi connectivity index (χ0) is 13.8. The summed E-state index contributed by atoms with van der Waals surface area (Å²) in [6.45, 7) is 9.29. The topological polar surface area (TPSA) is 32.3 Å². The lowest BCUT2D eigenvalue weighted by atomic mass is 9.72. The molecule has 1 saturated carbocycles. The van der Waals surface area contributed by atoms with Gasteiger partial charge in [0.15, 0.2) is 0 Å². The molecule has 1 N–H and O–H groups in total. The van der Waals surface area contributed by atoms with Crippen molar-refractivity contribution in [3.8, 4) is 0 Å². The Labute approximate surface area is 118 Å². The third kappa shape index (κ3) is 3.31. The van der Waals surface area contributed by atoms with Gasteiger partial charge in [0.05, 0.1) is 0 Å². The Kier molecular flexibility index (Phi) is 5.26. The molecule has 1 aliphatic heterocycles. The highest BCUT2D eigenvalue weighted by Crippen LogP contribution is 2.39. The van der Waals surface area contributed by atoms with Crippen molar-refractivity contribution in [2.75, 3.05) is 19.6 Å². The van der Waals surface area contributed by atoms with Crippen molar-refractivity contribution in [3.63, 3.8) is 0 Å². The van der Waals surface area contributed by atoms with E-state index in [2.05, 4.69) is 31.0 Å². The molecule has 3 nitrogen and oxygen atoms in total. The molecule has 2 aliphatic rings. The minimum atomic E-state index is 0.121. The highest BCUT2D eigenvalue weighted by molar-refractivity contribution is 5.79. The number of nitrogens with zero attached hydrogens (tertiary/aromatic N) is 1. The van der Waals surface area contributed by atoms with E-state index in [1.165, 1.54) is 32.1 Å². The van der Waals surface area contributed by atoms with Crippen molar-refractivity contribution in [3.05, 3.63) is 0 Å². The number of hydrogen-bond acceptors (Lipinski definition) is 2. The lowest BCUT2D eigenvalue weighted by Gasteiger charge is -2.48. The molecule has 3 heteroatoms. The lowest BCUT2D eigenvalue weighted by Crippen LogP contribution is -2.54. The molecule has 2 rings (SSSR count). The Morgan fingerprint density at radius 2 is 2.05 bits per heavy atom. The van der Waals surface area contributed by atoms with Gasteiger partial charge >= 0.3 is 0 Å². The van der Waals surface area contributed by atoms with Gasteiger partial charge < -0.3 is 10.2 Å². The molecule has 0 aromatic carbocycles. The third-order valence-electron chi connectivity index (χ3n) is 5.14. The van der Waals surface area contributed by atoms with Gasteiger partial charge in [-0.15, -0.1) is 0 Å². The smallest absolute Gasteiger partial charge is 0.226 e. The molecule has 1 amide bonds. The van der Waals surface area contributed by atoms with Crippen LogP contribution in [-0.2, 0) is 4.79 Å². The molecule has 2 fully saturated rings. The fraction of sp³-hybridized carbons (Fsp3) is 0.938. The number of hydrogen-bond donors (Lipinski definition) is 1. The molecule has 1 heterocycles. The number of piperidine rings is 1. The third-order valence-corrected chi connectivity index (χ3v) is 5.14. The minimum absolute atomic E-state index is 0.121. The van der Waals surface area contributed by atoms with E-state index in [-0.39, 0.29) is 5.92 Å². The molecule has 110 valence electrons. The van der Waals surface area contributed by atoms with Gasteiger partial charge in [0, 0.05) is 25.0 Å². The van der Waals surface area contributed by atoms with Gasteiger partial charge in [-0.1, -0.05) is 33.6 Å². The molecule has 19 heavy (non-hydrogen) atoms. The quantitative estimate of drug-likeness (QED) is 0.848. The summed E-state index contributed by atoms with van der Waals surface area (Å²) >= 11 is 0. The first-order chi connectivity index (χ1) is 9.15. The molecule has 4 unspecified atom stereocenters. The summed E-state index contributed by atoms with van der Waals surface area (Å²) in [6, 6.07) is 0.536. The zero-order valence-corrected chi connectivity index (χ0v) is 12.8. The number of carbonyl (C=O) groups excluding carboxylic acids is 1. The second-order valence-electron chi connectivity index (χ2n) is 6.52. The molecule has 4 atom stereocenters. The minimum Gasteiger partial charge on any atom is -0.339 e. The molecule has 1 saturated heterocycles. The molecular formula is C16H30N2O. The van der Waals surface area contributed by atoms with Crippen LogP contribution in [0.2, 0.25) is 0 Å². The van der Waals surface area contributed by atoms with Crippen LogP contribution in [0, 0.1) is 17.8 Å². The SMILES string of the molecule is CCNCC(C)C(=O)N1CCC(C)C2CCCCC21. The first-order valence-electron chi connectivity index (χ1n) is 8.16. The second-order valence-corrected chi connectivity index (χ2v) is 6.52. The zero-order valence-electron chi connectivity index (χ0n) is 12.8. The van der Waals surface area contributed by atoms with Gasteiger partial charge in [0.2, 0.25) is 5.91 Å². The monoisotopic (exact) mass is 266 g/mol. The fourth-order valence-corrected chi connectivity index (χ4v) is 3.92. The molecule has 1 aliphatic carbocycles. The van der Waals surface area contributed by atoms with Crippen molar-refractivity contribution in [1.29, 1.82) is 0 Å². The van der Waals surface area contributed by atoms with Crippen molar-refractivity contribution >= 4 is 5.91 Å². The van der Waals surface area contributed by atoms with E-state index in [0.29, 0.717) is 11.9 Å². The summed E-state index contributed by atoms with van der Waals surface area (Å²) < 4.78 is 0. The Balaban J connectivity index is 2.00. The summed E-state index contributed by atoms with van der Waals surface area (Å²) in [7, 11) is 0. The van der Waals surface area contributed by atoms with Crippen LogP contribution in [0.1, 0.15) is 52.9 Å². The maximum Gasteiger partial charge on any atom is 0.226 e. The van der Waals surface area contributed by atoms with Crippen LogP contribution in [0.3, 0.4) is 0 Å². The number of carbonyl (C=O) groups is 1. The van der Waals surface area contributed by atoms with Crippen molar-refractivity contribution in [1.82, 2.24) is 10.2 Å². The Hall–Kier alpha value is -0.570. The van der Waals surface area contributed by atoms with Crippen molar-refractivity contribution in [2.45, 2.75) is 58.9 Å². The summed E-state index contributed by atoms with van der Waals surface area (Å²) in [5.74, 6) is 2.07. The molecule has 0 spiro atoms. The number of likely N-dealkylation sites (tertiary alicyclic amines) is 1. The number of nitrogens with one attached hydrogen (secondary N) is 1. The molecule has 0 bridgehead atoms. The van der Waals surface area contributed by atoms with Crippen LogP contribution >= 0.6 is 0 Å². The Morgan fingerprint density at radius 1 is 1.32 bits per heavy atom. The highest BCUT2D eigenvalue weighted by atomic mass is 16.2. The van der Waals surface area contributed by atoms with Crippen LogP contribution < -0.4 is 5.32 Å². The van der Waals surface area contributed by atoms with Crippen LogP contribution in [0.25, 0.3) is 0 Å². The van der Waals surface area contributed by atoms with Crippen molar-refractivity contribution < 1.29 is 4.79 Å². The van der Waals surface area contributed by atoms with Gasteiger partial charge in [-0.2, -0.15) is 0 Å². The fourth-order valence-electron chi connectivity index (χ4n) is 3.92. The maximum atomic E-state index is 12.7. The summed E-state index contributed by atoms with van der Waals surface area (Å²) in [4.78, 5) is 14.9. The first-order valence-corrected chi connectivity index (χ1v) is 8.16. The van der Waals surface area contributed by atoms with Gasteiger partial charge in [-0.05, 0) is 37.6 Å². The van der Waals surface area contributed by atoms with E-state index < -0.39 is 0 Å². The Morgan fingerprint density at radius 3 is 2.79 bits per heavy atom.